The average Bonchev–Trinajstić information content (AvgIpc) is 2.40. The van der Waals surface area contributed by atoms with Crippen LogP contribution in [0.4, 0.5) is 17.3 Å². The van der Waals surface area contributed by atoms with Crippen molar-refractivity contribution in [2.24, 2.45) is 0 Å². The molecular formula is C13H14N4O2. The van der Waals surface area contributed by atoms with Crippen LogP contribution in [0.25, 0.3) is 0 Å². The molecule has 0 fully saturated rings. The number of carbonyl (C=O) groups is 1. The summed E-state index contributed by atoms with van der Waals surface area (Å²) in [7, 11) is 0. The summed E-state index contributed by atoms with van der Waals surface area (Å²) in [5, 5.41) is 11.9. The Morgan fingerprint density at radius 1 is 1.26 bits per heavy atom. The number of nitrogens with zero attached hydrogens (tertiary/aromatic N) is 2. The van der Waals surface area contributed by atoms with Crippen LogP contribution in [0.15, 0.2) is 36.7 Å². The van der Waals surface area contributed by atoms with Crippen molar-refractivity contribution in [2.75, 3.05) is 11.1 Å². The normalized spacial score (nSPS) is 10.1. The summed E-state index contributed by atoms with van der Waals surface area (Å²) in [5.41, 5.74) is 7.90. The SMILES string of the molecule is Nc1ncc(Nc2ccccc2CCC(=O)O)cn1. The molecule has 0 aliphatic rings. The highest BCUT2D eigenvalue weighted by atomic mass is 16.4. The number of nitrogens with two attached hydrogens (primary N) is 1. The average molecular weight is 258 g/mol. The molecule has 1 heterocycles. The standard InChI is InChI=1S/C13H14N4O2/c14-13-15-7-10(8-16-13)17-11-4-2-1-3-9(11)5-6-12(18)19/h1-4,7-8,17H,5-6H2,(H,18,19)(H2,14,15,16). The second kappa shape index (κ2) is 5.81. The number of carboxylic acids is 1. The van der Waals surface area contributed by atoms with E-state index in [1.807, 2.05) is 24.3 Å². The molecule has 0 atom stereocenters. The van der Waals surface area contributed by atoms with Crippen molar-refractivity contribution >= 4 is 23.3 Å². The van der Waals surface area contributed by atoms with Crippen LogP contribution in [0.3, 0.4) is 0 Å². The summed E-state index contributed by atoms with van der Waals surface area (Å²) in [6.07, 6.45) is 3.72. The van der Waals surface area contributed by atoms with Crippen molar-refractivity contribution in [3.05, 3.63) is 42.2 Å². The Labute approximate surface area is 110 Å². The summed E-state index contributed by atoms with van der Waals surface area (Å²) in [5.74, 6) is -0.602. The van der Waals surface area contributed by atoms with Gasteiger partial charge in [-0.1, -0.05) is 18.2 Å². The van der Waals surface area contributed by atoms with Crippen LogP contribution in [0.5, 0.6) is 0 Å². The van der Waals surface area contributed by atoms with Gasteiger partial charge >= 0.3 is 5.97 Å². The fourth-order valence-corrected chi connectivity index (χ4v) is 1.66. The molecule has 6 heteroatoms. The second-order valence-corrected chi connectivity index (χ2v) is 4.01. The Balaban J connectivity index is 2.15. The Hall–Kier alpha value is -2.63. The maximum absolute atomic E-state index is 10.6. The molecule has 19 heavy (non-hydrogen) atoms. The van der Waals surface area contributed by atoms with Crippen molar-refractivity contribution in [1.29, 1.82) is 0 Å². The number of rotatable bonds is 5. The molecule has 6 nitrogen and oxygen atoms in total. The first kappa shape index (κ1) is 12.8. The number of aliphatic carboxylic acids is 1. The molecule has 0 amide bonds. The quantitative estimate of drug-likeness (QED) is 0.756. The minimum atomic E-state index is -0.814. The first-order valence-corrected chi connectivity index (χ1v) is 5.79. The zero-order valence-electron chi connectivity index (χ0n) is 10.2. The number of benzene rings is 1. The van der Waals surface area contributed by atoms with Gasteiger partial charge in [-0.15, -0.1) is 0 Å². The third-order valence-corrected chi connectivity index (χ3v) is 2.58. The summed E-state index contributed by atoms with van der Waals surface area (Å²) >= 11 is 0. The molecule has 0 bridgehead atoms. The van der Waals surface area contributed by atoms with E-state index in [9.17, 15) is 4.79 Å². The molecule has 98 valence electrons. The predicted molar refractivity (Wildman–Crippen MR) is 72.1 cm³/mol. The molecule has 0 unspecified atom stereocenters. The van der Waals surface area contributed by atoms with E-state index >= 15 is 0 Å². The zero-order valence-corrected chi connectivity index (χ0v) is 10.2. The van der Waals surface area contributed by atoms with E-state index in [-0.39, 0.29) is 12.4 Å². The number of anilines is 3. The van der Waals surface area contributed by atoms with Crippen molar-refractivity contribution < 1.29 is 9.90 Å². The Morgan fingerprint density at radius 2 is 1.95 bits per heavy atom. The van der Waals surface area contributed by atoms with Crippen molar-refractivity contribution in [3.63, 3.8) is 0 Å². The van der Waals surface area contributed by atoms with E-state index in [1.165, 1.54) is 0 Å². The van der Waals surface area contributed by atoms with E-state index in [0.29, 0.717) is 12.1 Å². The molecule has 0 aliphatic carbocycles. The van der Waals surface area contributed by atoms with Crippen molar-refractivity contribution in [1.82, 2.24) is 9.97 Å². The lowest BCUT2D eigenvalue weighted by molar-refractivity contribution is -0.136. The topological polar surface area (TPSA) is 101 Å². The lowest BCUT2D eigenvalue weighted by Gasteiger charge is -2.10. The number of hydrogen-bond acceptors (Lipinski definition) is 5. The number of nitrogens with one attached hydrogen (secondary N) is 1. The summed E-state index contributed by atoms with van der Waals surface area (Å²) in [6, 6.07) is 7.53. The molecule has 1 aromatic heterocycles. The van der Waals surface area contributed by atoms with E-state index in [1.54, 1.807) is 12.4 Å². The number of para-hydroxylation sites is 1. The molecule has 1 aromatic carbocycles. The van der Waals surface area contributed by atoms with Crippen LogP contribution in [0, 0.1) is 0 Å². The summed E-state index contributed by atoms with van der Waals surface area (Å²) in [6.45, 7) is 0. The first-order chi connectivity index (χ1) is 9.15. The van der Waals surface area contributed by atoms with Gasteiger partial charge < -0.3 is 16.2 Å². The third kappa shape index (κ3) is 3.67. The highest BCUT2D eigenvalue weighted by molar-refractivity contribution is 5.68. The Bertz CT molecular complexity index is 569. The molecule has 0 aliphatic heterocycles. The van der Waals surface area contributed by atoms with Crippen LogP contribution < -0.4 is 11.1 Å². The lowest BCUT2D eigenvalue weighted by atomic mass is 10.1. The zero-order chi connectivity index (χ0) is 13.7. The van der Waals surface area contributed by atoms with Gasteiger partial charge in [0.05, 0.1) is 18.1 Å². The van der Waals surface area contributed by atoms with Crippen LogP contribution in [0.2, 0.25) is 0 Å². The number of nitrogen functional groups attached to an aromatic ring is 1. The second-order valence-electron chi connectivity index (χ2n) is 4.01. The highest BCUT2D eigenvalue weighted by Crippen LogP contribution is 2.21. The summed E-state index contributed by atoms with van der Waals surface area (Å²) in [4.78, 5) is 18.4. The largest absolute Gasteiger partial charge is 0.481 e. The van der Waals surface area contributed by atoms with Crippen LogP contribution in [0.1, 0.15) is 12.0 Å². The number of carboxylic acid groups (broad SMARTS) is 1. The Kier molecular flexibility index (Phi) is 3.92. The molecule has 0 saturated carbocycles. The van der Waals surface area contributed by atoms with Gasteiger partial charge in [-0.3, -0.25) is 4.79 Å². The molecule has 4 N–H and O–H groups in total. The van der Waals surface area contributed by atoms with E-state index in [0.717, 1.165) is 11.3 Å². The first-order valence-electron chi connectivity index (χ1n) is 5.79. The van der Waals surface area contributed by atoms with Gasteiger partial charge in [-0.2, -0.15) is 0 Å². The number of aryl methyl sites for hydroxylation is 1. The Morgan fingerprint density at radius 3 is 2.63 bits per heavy atom. The smallest absolute Gasteiger partial charge is 0.303 e. The van der Waals surface area contributed by atoms with E-state index in [2.05, 4.69) is 15.3 Å². The van der Waals surface area contributed by atoms with Gasteiger partial charge in [0.15, 0.2) is 0 Å². The van der Waals surface area contributed by atoms with Gasteiger partial charge in [0.1, 0.15) is 0 Å². The predicted octanol–water partition coefficient (Wildman–Crippen LogP) is 1.82. The summed E-state index contributed by atoms with van der Waals surface area (Å²) < 4.78 is 0. The van der Waals surface area contributed by atoms with Crippen LogP contribution in [-0.2, 0) is 11.2 Å². The van der Waals surface area contributed by atoms with Gasteiger partial charge in [0.2, 0.25) is 5.95 Å². The maximum atomic E-state index is 10.6. The van der Waals surface area contributed by atoms with Gasteiger partial charge in [-0.05, 0) is 18.1 Å². The molecule has 2 rings (SSSR count). The minimum Gasteiger partial charge on any atom is -0.481 e. The maximum Gasteiger partial charge on any atom is 0.303 e. The minimum absolute atomic E-state index is 0.0942. The van der Waals surface area contributed by atoms with Crippen LogP contribution in [-0.4, -0.2) is 21.0 Å². The number of aromatic nitrogens is 2. The molecule has 0 saturated heterocycles. The van der Waals surface area contributed by atoms with Crippen LogP contribution >= 0.6 is 0 Å². The van der Waals surface area contributed by atoms with E-state index < -0.39 is 5.97 Å². The molecular weight excluding hydrogens is 244 g/mol. The van der Waals surface area contributed by atoms with Gasteiger partial charge in [0.25, 0.3) is 0 Å². The third-order valence-electron chi connectivity index (χ3n) is 2.58. The van der Waals surface area contributed by atoms with Crippen molar-refractivity contribution in [3.8, 4) is 0 Å². The fourth-order valence-electron chi connectivity index (χ4n) is 1.66. The lowest BCUT2D eigenvalue weighted by Crippen LogP contribution is -2.02. The molecule has 2 aromatic rings. The fraction of sp³-hybridized carbons (Fsp3) is 0.154. The van der Waals surface area contributed by atoms with Gasteiger partial charge in [-0.25, -0.2) is 9.97 Å². The van der Waals surface area contributed by atoms with Gasteiger partial charge in [0, 0.05) is 12.1 Å². The number of hydrogen-bond donors (Lipinski definition) is 3. The van der Waals surface area contributed by atoms with E-state index in [4.69, 9.17) is 10.8 Å². The molecule has 0 spiro atoms. The monoisotopic (exact) mass is 258 g/mol. The molecule has 0 radical (unpaired) electrons. The highest BCUT2D eigenvalue weighted by Gasteiger charge is 2.05. The van der Waals surface area contributed by atoms with Crippen molar-refractivity contribution in [2.45, 2.75) is 12.8 Å².